The van der Waals surface area contributed by atoms with E-state index in [2.05, 4.69) is 10.4 Å². The third kappa shape index (κ3) is 5.93. The fourth-order valence-electron chi connectivity index (χ4n) is 2.78. The zero-order chi connectivity index (χ0) is 24.1. The maximum atomic E-state index is 12.5. The van der Waals surface area contributed by atoms with Crippen LogP contribution in [0.3, 0.4) is 0 Å². The van der Waals surface area contributed by atoms with Crippen molar-refractivity contribution in [3.8, 4) is 0 Å². The average molecular weight is 495 g/mol. The fraction of sp³-hybridized carbons (Fsp3) is 0.222. The van der Waals surface area contributed by atoms with Crippen molar-refractivity contribution in [2.45, 2.75) is 13.0 Å². The van der Waals surface area contributed by atoms with E-state index in [9.17, 15) is 34.6 Å². The first-order valence-corrected chi connectivity index (χ1v) is 10.5. The van der Waals surface area contributed by atoms with E-state index >= 15 is 0 Å². The van der Waals surface area contributed by atoms with E-state index in [1.54, 1.807) is 0 Å². The number of hydrogen-bond donors (Lipinski definition) is 1. The summed E-state index contributed by atoms with van der Waals surface area (Å²) in [5, 5.41) is 27.4. The molecule has 33 heavy (non-hydrogen) atoms. The second kappa shape index (κ2) is 10.2. The Kier molecular flexibility index (Phi) is 7.40. The monoisotopic (exact) mass is 494 g/mol. The summed E-state index contributed by atoms with van der Waals surface area (Å²) in [5.41, 5.74) is -0.170. The molecule has 0 radical (unpaired) electrons. The van der Waals surface area contributed by atoms with Crippen LogP contribution in [0.2, 0.25) is 5.02 Å². The number of aromatic nitrogens is 2. The highest BCUT2D eigenvalue weighted by Crippen LogP contribution is 2.33. The molecule has 0 bridgehead atoms. The molecular weight excluding hydrogens is 480 g/mol. The average Bonchev–Trinajstić information content (AvgIpc) is 3.34. The van der Waals surface area contributed by atoms with Gasteiger partial charge in [-0.1, -0.05) is 17.7 Å². The molecule has 13 nitrogen and oxygen atoms in total. The van der Waals surface area contributed by atoms with Crippen molar-refractivity contribution < 1.29 is 24.2 Å². The van der Waals surface area contributed by atoms with Gasteiger partial charge in [-0.05, 0) is 29.5 Å². The van der Waals surface area contributed by atoms with Crippen molar-refractivity contribution in [2.24, 2.45) is 0 Å². The highest BCUT2D eigenvalue weighted by atomic mass is 35.5. The number of nitro benzene ring substituents is 1. The molecule has 3 rings (SSSR count). The van der Waals surface area contributed by atoms with Gasteiger partial charge in [0.25, 0.3) is 16.8 Å². The van der Waals surface area contributed by atoms with Gasteiger partial charge in [0.05, 0.1) is 14.8 Å². The lowest BCUT2D eigenvalue weighted by atomic mass is 10.2. The minimum atomic E-state index is -0.651. The highest BCUT2D eigenvalue weighted by molar-refractivity contribution is 8.18. The largest absolute Gasteiger partial charge is 0.354 e. The minimum absolute atomic E-state index is 0.00399. The van der Waals surface area contributed by atoms with Gasteiger partial charge < -0.3 is 5.32 Å². The summed E-state index contributed by atoms with van der Waals surface area (Å²) < 4.78 is 1.26. The Labute approximate surface area is 194 Å². The van der Waals surface area contributed by atoms with Crippen LogP contribution in [0.1, 0.15) is 12.0 Å². The van der Waals surface area contributed by atoms with Crippen molar-refractivity contribution in [3.05, 3.63) is 66.3 Å². The van der Waals surface area contributed by atoms with E-state index < -0.39 is 21.0 Å². The van der Waals surface area contributed by atoms with E-state index in [1.807, 2.05) is 0 Å². The number of halogens is 1. The number of carbonyl (C=O) groups excluding carboxylic acids is 3. The van der Waals surface area contributed by atoms with Crippen molar-refractivity contribution in [2.75, 3.05) is 13.1 Å². The molecule has 15 heteroatoms. The van der Waals surface area contributed by atoms with Crippen LogP contribution in [-0.2, 0) is 16.1 Å². The van der Waals surface area contributed by atoms with Gasteiger partial charge in [-0.25, -0.2) is 0 Å². The number of carbonyl (C=O) groups is 3. The third-order valence-electron chi connectivity index (χ3n) is 4.39. The quantitative estimate of drug-likeness (QED) is 0.312. The van der Waals surface area contributed by atoms with Crippen molar-refractivity contribution in [1.29, 1.82) is 0 Å². The molecule has 0 spiro atoms. The van der Waals surface area contributed by atoms with Crippen molar-refractivity contribution >= 4 is 57.9 Å². The van der Waals surface area contributed by atoms with E-state index in [4.69, 9.17) is 11.6 Å². The third-order valence-corrected chi connectivity index (χ3v) is 5.62. The normalized spacial score (nSPS) is 14.7. The van der Waals surface area contributed by atoms with Gasteiger partial charge in [0.2, 0.25) is 5.91 Å². The van der Waals surface area contributed by atoms with Crippen LogP contribution in [-0.4, -0.2) is 54.7 Å². The number of nitro groups is 2. The lowest BCUT2D eigenvalue weighted by molar-refractivity contribution is -0.385. The van der Waals surface area contributed by atoms with Gasteiger partial charge in [-0.2, -0.15) is 5.10 Å². The molecule has 2 heterocycles. The number of nitrogens with zero attached hydrogens (tertiary/aromatic N) is 5. The predicted molar refractivity (Wildman–Crippen MR) is 117 cm³/mol. The number of amides is 3. The second-order valence-electron chi connectivity index (χ2n) is 6.62. The molecule has 2 aromatic rings. The summed E-state index contributed by atoms with van der Waals surface area (Å²) in [7, 11) is 0. The lowest BCUT2D eigenvalue weighted by Gasteiger charge is -2.13. The van der Waals surface area contributed by atoms with E-state index in [-0.39, 0.29) is 53.3 Å². The van der Waals surface area contributed by atoms with Gasteiger partial charge in [0.15, 0.2) is 0 Å². The molecule has 3 amide bonds. The van der Waals surface area contributed by atoms with Crippen LogP contribution in [0.5, 0.6) is 0 Å². The van der Waals surface area contributed by atoms with Gasteiger partial charge in [-0.15, -0.1) is 0 Å². The molecule has 1 aliphatic rings. The van der Waals surface area contributed by atoms with E-state index in [1.165, 1.54) is 35.2 Å². The van der Waals surface area contributed by atoms with Crippen molar-refractivity contribution in [3.63, 3.8) is 0 Å². The Balaban J connectivity index is 1.52. The zero-order valence-electron chi connectivity index (χ0n) is 16.7. The van der Waals surface area contributed by atoms with Crippen LogP contribution < -0.4 is 5.32 Å². The summed E-state index contributed by atoms with van der Waals surface area (Å²) in [6.45, 7) is 0.0643. The first kappa shape index (κ1) is 23.9. The molecule has 1 N–H and O–H groups in total. The number of nitrogens with one attached hydrogen (secondary N) is 1. The molecule has 172 valence electrons. The highest BCUT2D eigenvalue weighted by Gasteiger charge is 2.34. The minimum Gasteiger partial charge on any atom is -0.354 e. The van der Waals surface area contributed by atoms with Crippen molar-refractivity contribution in [1.82, 2.24) is 20.0 Å². The number of imide groups is 1. The summed E-state index contributed by atoms with van der Waals surface area (Å²) >= 11 is 6.46. The Hall–Kier alpha value is -3.78. The maximum Gasteiger partial charge on any atom is 0.306 e. The van der Waals surface area contributed by atoms with Crippen LogP contribution in [0.15, 0.2) is 35.5 Å². The molecular formula is C18H15ClN6O7S. The Morgan fingerprint density at radius 2 is 1.97 bits per heavy atom. The van der Waals surface area contributed by atoms with Crippen LogP contribution in [0, 0.1) is 20.2 Å². The zero-order valence-corrected chi connectivity index (χ0v) is 18.2. The molecule has 0 unspecified atom stereocenters. The Morgan fingerprint density at radius 3 is 2.64 bits per heavy atom. The molecule has 1 saturated heterocycles. The van der Waals surface area contributed by atoms with Gasteiger partial charge >= 0.3 is 5.69 Å². The predicted octanol–water partition coefficient (Wildman–Crippen LogP) is 2.60. The van der Waals surface area contributed by atoms with Crippen LogP contribution in [0.4, 0.5) is 16.2 Å². The van der Waals surface area contributed by atoms with Crippen LogP contribution in [0.25, 0.3) is 6.08 Å². The first-order valence-electron chi connectivity index (χ1n) is 9.28. The molecule has 1 fully saturated rings. The number of hydrogen-bond acceptors (Lipinski definition) is 9. The van der Waals surface area contributed by atoms with Gasteiger partial charge in [0, 0.05) is 32.1 Å². The molecule has 0 aliphatic carbocycles. The number of thioether (sulfide) groups is 1. The van der Waals surface area contributed by atoms with E-state index in [0.717, 1.165) is 11.1 Å². The molecule has 1 aliphatic heterocycles. The standard InChI is InChI=1S/C18H15ClN6O7S/c19-13-2-1-11(7-14(13)25(31)32)8-15-17(27)23(18(28)33-15)6-4-20-16(26)3-5-22-10-12(9-21-22)24(29)30/h1-2,7-10H,3-6H2,(H,20,26)/b15-8+. The molecule has 0 saturated carbocycles. The SMILES string of the molecule is O=C(CCn1cc([N+](=O)[O-])cn1)NCCN1C(=O)S/C(=C/c2ccc(Cl)c([N+](=O)[O-])c2)C1=O. The fourth-order valence-corrected chi connectivity index (χ4v) is 3.84. The topological polar surface area (TPSA) is 171 Å². The first-order chi connectivity index (χ1) is 15.7. The summed E-state index contributed by atoms with van der Waals surface area (Å²) in [6.07, 6.45) is 3.63. The lowest BCUT2D eigenvalue weighted by Crippen LogP contribution is -2.37. The Bertz CT molecular complexity index is 1180. The number of rotatable bonds is 9. The molecule has 1 aromatic carbocycles. The molecule has 1 aromatic heterocycles. The maximum absolute atomic E-state index is 12.5. The van der Waals surface area contributed by atoms with Gasteiger partial charge in [0.1, 0.15) is 17.4 Å². The number of benzene rings is 1. The van der Waals surface area contributed by atoms with Crippen LogP contribution >= 0.6 is 23.4 Å². The summed E-state index contributed by atoms with van der Waals surface area (Å²) in [6, 6.07) is 4.01. The smallest absolute Gasteiger partial charge is 0.306 e. The molecule has 0 atom stereocenters. The second-order valence-corrected chi connectivity index (χ2v) is 8.02. The number of aryl methyl sites for hydroxylation is 1. The van der Waals surface area contributed by atoms with Gasteiger partial charge in [-0.3, -0.25) is 44.2 Å². The van der Waals surface area contributed by atoms with E-state index in [0.29, 0.717) is 17.3 Å². The Morgan fingerprint density at radius 1 is 1.21 bits per heavy atom. The summed E-state index contributed by atoms with van der Waals surface area (Å²) in [5.74, 6) is -0.968. The summed E-state index contributed by atoms with van der Waals surface area (Å²) in [4.78, 5) is 58.1.